The fourth-order valence-corrected chi connectivity index (χ4v) is 4.35. The highest BCUT2D eigenvalue weighted by molar-refractivity contribution is 7.93. The quantitative estimate of drug-likeness (QED) is 0.785. The second-order valence-corrected chi connectivity index (χ2v) is 7.40. The number of hydrogen-bond donors (Lipinski definition) is 1. The van der Waals surface area contributed by atoms with Crippen LogP contribution in [0.25, 0.3) is 0 Å². The summed E-state index contributed by atoms with van der Waals surface area (Å²) >= 11 is 1.16. The van der Waals surface area contributed by atoms with Crippen LogP contribution >= 0.6 is 11.3 Å². The number of ether oxygens (including phenoxy) is 2. The Morgan fingerprint density at radius 3 is 2.90 bits per heavy atom. The van der Waals surface area contributed by atoms with Crippen molar-refractivity contribution in [1.29, 1.82) is 0 Å². The van der Waals surface area contributed by atoms with E-state index in [1.54, 1.807) is 12.3 Å². The number of esters is 1. The van der Waals surface area contributed by atoms with E-state index >= 15 is 0 Å². The van der Waals surface area contributed by atoms with Gasteiger partial charge in [-0.1, -0.05) is 0 Å². The first-order valence-electron chi connectivity index (χ1n) is 6.70. The zero-order chi connectivity index (χ0) is 15.3. The average molecular weight is 334 g/mol. The zero-order valence-corrected chi connectivity index (χ0v) is 13.3. The van der Waals surface area contributed by atoms with Crippen molar-refractivity contribution in [3.63, 3.8) is 0 Å². The number of thiazole rings is 1. The Hall–Kier alpha value is -1.19. The molecular formula is C12H18N2O5S2. The molecule has 1 aromatic heterocycles. The molecule has 1 saturated heterocycles. The smallest absolute Gasteiger partial charge is 0.311 e. The fourth-order valence-electron chi connectivity index (χ4n) is 1.99. The van der Waals surface area contributed by atoms with E-state index in [1.807, 2.05) is 0 Å². The molecule has 1 fully saturated rings. The maximum Gasteiger partial charge on any atom is 0.311 e. The Kier molecular flexibility index (Phi) is 5.54. The minimum Gasteiger partial charge on any atom is -0.466 e. The van der Waals surface area contributed by atoms with Gasteiger partial charge in [-0.25, -0.2) is 13.4 Å². The SMILES string of the molecule is CCOC(=O)Cc1csc(NS(=O)(=O)C2CCOCC2)n1. The van der Waals surface area contributed by atoms with E-state index in [1.165, 1.54) is 0 Å². The van der Waals surface area contributed by atoms with Crippen LogP contribution in [0.4, 0.5) is 5.13 Å². The minimum atomic E-state index is -3.46. The highest BCUT2D eigenvalue weighted by atomic mass is 32.2. The summed E-state index contributed by atoms with van der Waals surface area (Å²) in [6, 6.07) is 0. The van der Waals surface area contributed by atoms with E-state index in [0.29, 0.717) is 38.4 Å². The molecule has 21 heavy (non-hydrogen) atoms. The molecule has 1 aromatic rings. The van der Waals surface area contributed by atoms with Crippen LogP contribution in [0.5, 0.6) is 0 Å². The molecule has 1 N–H and O–H groups in total. The molecule has 2 heterocycles. The molecule has 0 aromatic carbocycles. The van der Waals surface area contributed by atoms with E-state index in [0.717, 1.165) is 11.3 Å². The standard InChI is InChI=1S/C12H18N2O5S2/c1-2-19-11(15)7-9-8-20-12(13-9)14-21(16,17)10-3-5-18-6-4-10/h8,10H,2-7H2,1H3,(H,13,14). The van der Waals surface area contributed by atoms with Gasteiger partial charge < -0.3 is 9.47 Å². The first-order valence-corrected chi connectivity index (χ1v) is 9.13. The number of hydrogen-bond acceptors (Lipinski definition) is 7. The number of sulfonamides is 1. The van der Waals surface area contributed by atoms with Gasteiger partial charge in [-0.15, -0.1) is 11.3 Å². The largest absolute Gasteiger partial charge is 0.466 e. The summed E-state index contributed by atoms with van der Waals surface area (Å²) in [4.78, 5) is 15.5. The van der Waals surface area contributed by atoms with E-state index in [9.17, 15) is 13.2 Å². The molecule has 7 nitrogen and oxygen atoms in total. The normalized spacial score (nSPS) is 16.6. The summed E-state index contributed by atoms with van der Waals surface area (Å²) in [5.41, 5.74) is 0.503. The number of carbonyl (C=O) groups excluding carboxylic acids is 1. The number of nitrogens with one attached hydrogen (secondary N) is 1. The lowest BCUT2D eigenvalue weighted by Gasteiger charge is -2.21. The molecule has 0 atom stereocenters. The molecule has 0 amide bonds. The van der Waals surface area contributed by atoms with Crippen LogP contribution in [-0.2, 0) is 30.7 Å². The Bertz CT molecular complexity index is 578. The zero-order valence-electron chi connectivity index (χ0n) is 11.7. The number of aromatic nitrogens is 1. The fraction of sp³-hybridized carbons (Fsp3) is 0.667. The summed E-state index contributed by atoms with van der Waals surface area (Å²) in [5, 5.41) is 1.48. The molecule has 0 radical (unpaired) electrons. The van der Waals surface area contributed by atoms with Crippen molar-refractivity contribution in [2.45, 2.75) is 31.4 Å². The minimum absolute atomic E-state index is 0.0450. The monoisotopic (exact) mass is 334 g/mol. The molecule has 0 bridgehead atoms. The Balaban J connectivity index is 1.96. The Labute approximate surface area is 127 Å². The summed E-state index contributed by atoms with van der Waals surface area (Å²) < 4.78 is 36.9. The topological polar surface area (TPSA) is 94.6 Å². The van der Waals surface area contributed by atoms with Gasteiger partial charge in [0.05, 0.1) is 24.0 Å². The number of carbonyl (C=O) groups is 1. The van der Waals surface area contributed by atoms with Crippen molar-refractivity contribution in [1.82, 2.24) is 4.98 Å². The van der Waals surface area contributed by atoms with Gasteiger partial charge >= 0.3 is 5.97 Å². The molecule has 9 heteroatoms. The number of anilines is 1. The molecule has 1 aliphatic rings. The summed E-state index contributed by atoms with van der Waals surface area (Å²) in [6.45, 7) is 2.95. The maximum absolute atomic E-state index is 12.2. The molecule has 0 spiro atoms. The molecule has 0 unspecified atom stereocenters. The van der Waals surface area contributed by atoms with Crippen molar-refractivity contribution in [2.24, 2.45) is 0 Å². The van der Waals surface area contributed by atoms with Crippen LogP contribution in [0, 0.1) is 0 Å². The van der Waals surface area contributed by atoms with E-state index < -0.39 is 15.3 Å². The lowest BCUT2D eigenvalue weighted by molar-refractivity contribution is -0.142. The van der Waals surface area contributed by atoms with Crippen molar-refractivity contribution in [3.8, 4) is 0 Å². The van der Waals surface area contributed by atoms with Crippen LogP contribution < -0.4 is 4.72 Å². The summed E-state index contributed by atoms with van der Waals surface area (Å²) in [6.07, 6.45) is 1.01. The third-order valence-corrected chi connectivity index (χ3v) is 5.78. The third kappa shape index (κ3) is 4.65. The van der Waals surface area contributed by atoms with Crippen molar-refractivity contribution < 1.29 is 22.7 Å². The predicted molar refractivity (Wildman–Crippen MR) is 78.8 cm³/mol. The highest BCUT2D eigenvalue weighted by Gasteiger charge is 2.28. The second-order valence-electron chi connectivity index (χ2n) is 4.58. The first kappa shape index (κ1) is 16.2. The number of rotatable bonds is 6. The van der Waals surface area contributed by atoms with Gasteiger partial charge in [0.25, 0.3) is 0 Å². The average Bonchev–Trinajstić information content (AvgIpc) is 2.86. The predicted octanol–water partition coefficient (Wildman–Crippen LogP) is 1.17. The van der Waals surface area contributed by atoms with Gasteiger partial charge in [-0.05, 0) is 19.8 Å². The summed E-state index contributed by atoms with van der Waals surface area (Å²) in [7, 11) is -3.46. The van der Waals surface area contributed by atoms with Crippen LogP contribution in [0.1, 0.15) is 25.5 Å². The van der Waals surface area contributed by atoms with Crippen molar-refractivity contribution in [2.75, 3.05) is 24.5 Å². The van der Waals surface area contributed by atoms with Crippen LogP contribution in [-0.4, -0.2) is 44.4 Å². The molecule has 0 aliphatic carbocycles. The second kappa shape index (κ2) is 7.19. The molecule has 1 aliphatic heterocycles. The van der Waals surface area contributed by atoms with Crippen molar-refractivity contribution >= 4 is 32.5 Å². The van der Waals surface area contributed by atoms with E-state index in [2.05, 4.69) is 9.71 Å². The van der Waals surface area contributed by atoms with Crippen molar-refractivity contribution in [3.05, 3.63) is 11.1 Å². The molecule has 118 valence electrons. The third-order valence-electron chi connectivity index (χ3n) is 3.02. The Morgan fingerprint density at radius 2 is 2.24 bits per heavy atom. The van der Waals surface area contributed by atoms with Crippen LogP contribution in [0.2, 0.25) is 0 Å². The van der Waals surface area contributed by atoms with E-state index in [4.69, 9.17) is 9.47 Å². The van der Waals surface area contributed by atoms with E-state index in [-0.39, 0.29) is 17.5 Å². The van der Waals surface area contributed by atoms with Gasteiger partial charge in [-0.2, -0.15) is 0 Å². The van der Waals surface area contributed by atoms with Gasteiger partial charge in [0.1, 0.15) is 0 Å². The maximum atomic E-state index is 12.2. The Morgan fingerprint density at radius 1 is 1.52 bits per heavy atom. The van der Waals surface area contributed by atoms with Gasteiger partial charge in [0.2, 0.25) is 10.0 Å². The van der Waals surface area contributed by atoms with Gasteiger partial charge in [-0.3, -0.25) is 9.52 Å². The van der Waals surface area contributed by atoms with Gasteiger partial charge in [0.15, 0.2) is 5.13 Å². The van der Waals surface area contributed by atoms with Crippen LogP contribution in [0.15, 0.2) is 5.38 Å². The molecule has 2 rings (SSSR count). The highest BCUT2D eigenvalue weighted by Crippen LogP contribution is 2.22. The molecular weight excluding hydrogens is 316 g/mol. The molecule has 0 saturated carbocycles. The summed E-state index contributed by atoms with van der Waals surface area (Å²) in [5.74, 6) is -0.373. The first-order chi connectivity index (χ1) is 10.0. The lowest BCUT2D eigenvalue weighted by atomic mass is 10.2. The number of nitrogens with zero attached hydrogens (tertiary/aromatic N) is 1. The van der Waals surface area contributed by atoms with Crippen LogP contribution in [0.3, 0.4) is 0 Å². The van der Waals surface area contributed by atoms with Gasteiger partial charge in [0, 0.05) is 18.6 Å². The lowest BCUT2D eigenvalue weighted by Crippen LogP contribution is -2.33.